The van der Waals surface area contributed by atoms with Crippen LogP contribution in [0.15, 0.2) is 4.52 Å². The largest absolute Gasteiger partial charge is 0.396 e. The van der Waals surface area contributed by atoms with E-state index in [0.29, 0.717) is 11.8 Å². The van der Waals surface area contributed by atoms with Gasteiger partial charge in [0, 0.05) is 19.4 Å². The third-order valence-corrected chi connectivity index (χ3v) is 3.18. The summed E-state index contributed by atoms with van der Waals surface area (Å²) in [5, 5.41) is 16.1. The highest BCUT2D eigenvalue weighted by Gasteiger charge is 2.16. The zero-order chi connectivity index (χ0) is 11.9. The Labute approximate surface area is 102 Å². The van der Waals surface area contributed by atoms with Crippen LogP contribution < -0.4 is 5.32 Å². The first kappa shape index (κ1) is 12.5. The highest BCUT2D eigenvalue weighted by atomic mass is 16.5. The Bertz CT molecular complexity index is 321. The molecule has 0 aliphatic carbocycles. The van der Waals surface area contributed by atoms with Crippen LogP contribution in [-0.2, 0) is 12.8 Å². The lowest BCUT2D eigenvalue weighted by atomic mass is 9.96. The molecule has 1 aliphatic heterocycles. The lowest BCUT2D eigenvalue weighted by molar-refractivity contribution is 0.280. The van der Waals surface area contributed by atoms with Crippen molar-refractivity contribution in [2.75, 3.05) is 19.7 Å². The summed E-state index contributed by atoms with van der Waals surface area (Å²) in [7, 11) is 0. The van der Waals surface area contributed by atoms with Crippen LogP contribution in [0.5, 0.6) is 0 Å². The predicted octanol–water partition coefficient (Wildman–Crippen LogP) is 0.927. The lowest BCUT2D eigenvalue weighted by Gasteiger charge is -2.20. The van der Waals surface area contributed by atoms with Gasteiger partial charge in [-0.3, -0.25) is 0 Å². The second-order valence-electron chi connectivity index (χ2n) is 4.70. The summed E-state index contributed by atoms with van der Waals surface area (Å²) in [6.07, 6.45) is 5.88. The quantitative estimate of drug-likeness (QED) is 0.722. The molecule has 0 radical (unpaired) electrons. The maximum atomic E-state index is 8.69. The number of nitrogens with zero attached hydrogens (tertiary/aromatic N) is 2. The monoisotopic (exact) mass is 239 g/mol. The van der Waals surface area contributed by atoms with Crippen LogP contribution in [-0.4, -0.2) is 34.9 Å². The molecule has 1 fully saturated rings. The number of nitrogens with one attached hydrogen (secondary N) is 1. The first-order chi connectivity index (χ1) is 8.38. The van der Waals surface area contributed by atoms with Crippen molar-refractivity contribution >= 4 is 0 Å². The molecule has 0 spiro atoms. The number of hydrogen-bond donors (Lipinski definition) is 2. The number of aliphatic hydroxyl groups excluding tert-OH is 1. The Morgan fingerprint density at radius 2 is 2.35 bits per heavy atom. The van der Waals surface area contributed by atoms with Crippen LogP contribution in [0.4, 0.5) is 0 Å². The molecular formula is C12H21N3O2. The van der Waals surface area contributed by atoms with Gasteiger partial charge < -0.3 is 14.9 Å². The van der Waals surface area contributed by atoms with Gasteiger partial charge >= 0.3 is 0 Å². The van der Waals surface area contributed by atoms with E-state index in [4.69, 9.17) is 9.63 Å². The van der Waals surface area contributed by atoms with E-state index in [1.54, 1.807) is 0 Å². The highest BCUT2D eigenvalue weighted by molar-refractivity contribution is 4.89. The van der Waals surface area contributed by atoms with Gasteiger partial charge in [0.25, 0.3) is 0 Å². The van der Waals surface area contributed by atoms with Crippen molar-refractivity contribution in [2.45, 2.75) is 38.5 Å². The van der Waals surface area contributed by atoms with E-state index in [1.165, 1.54) is 12.8 Å². The fourth-order valence-electron chi connectivity index (χ4n) is 2.22. The minimum atomic E-state index is 0.231. The maximum absolute atomic E-state index is 8.69. The van der Waals surface area contributed by atoms with E-state index in [9.17, 15) is 0 Å². The summed E-state index contributed by atoms with van der Waals surface area (Å²) in [5.41, 5.74) is 0. The maximum Gasteiger partial charge on any atom is 0.226 e. The number of aliphatic hydroxyl groups is 1. The van der Waals surface area contributed by atoms with Gasteiger partial charge in [-0.2, -0.15) is 4.98 Å². The van der Waals surface area contributed by atoms with Crippen LogP contribution in [0.25, 0.3) is 0 Å². The molecule has 0 bridgehead atoms. The number of hydrogen-bond acceptors (Lipinski definition) is 5. The molecule has 1 atom stereocenters. The molecule has 1 aliphatic rings. The van der Waals surface area contributed by atoms with Crippen LogP contribution in [0, 0.1) is 5.92 Å². The highest BCUT2D eigenvalue weighted by Crippen LogP contribution is 2.15. The van der Waals surface area contributed by atoms with Crippen LogP contribution in [0.1, 0.15) is 37.4 Å². The normalized spacial score (nSPS) is 20.6. The Morgan fingerprint density at radius 1 is 1.41 bits per heavy atom. The smallest absolute Gasteiger partial charge is 0.226 e. The van der Waals surface area contributed by atoms with Gasteiger partial charge in [0.1, 0.15) is 0 Å². The van der Waals surface area contributed by atoms with Gasteiger partial charge in [-0.05, 0) is 44.7 Å². The van der Waals surface area contributed by atoms with E-state index >= 15 is 0 Å². The van der Waals surface area contributed by atoms with E-state index in [-0.39, 0.29) is 6.61 Å². The third kappa shape index (κ3) is 4.09. The fourth-order valence-corrected chi connectivity index (χ4v) is 2.22. The summed E-state index contributed by atoms with van der Waals surface area (Å²) in [6, 6.07) is 0. The molecule has 1 unspecified atom stereocenters. The van der Waals surface area contributed by atoms with E-state index < -0.39 is 0 Å². The Hall–Kier alpha value is -0.940. The molecule has 0 saturated carbocycles. The van der Waals surface area contributed by atoms with Gasteiger partial charge in [-0.25, -0.2) is 0 Å². The van der Waals surface area contributed by atoms with Crippen LogP contribution in [0.2, 0.25) is 0 Å². The van der Waals surface area contributed by atoms with E-state index in [2.05, 4.69) is 15.5 Å². The summed E-state index contributed by atoms with van der Waals surface area (Å²) < 4.78 is 5.19. The summed E-state index contributed by atoms with van der Waals surface area (Å²) in [4.78, 5) is 4.39. The molecule has 5 heteroatoms. The first-order valence-electron chi connectivity index (χ1n) is 6.51. The zero-order valence-corrected chi connectivity index (χ0v) is 10.2. The first-order valence-corrected chi connectivity index (χ1v) is 6.51. The van der Waals surface area contributed by atoms with Crippen molar-refractivity contribution in [3.8, 4) is 0 Å². The molecular weight excluding hydrogens is 218 g/mol. The molecule has 5 nitrogen and oxygen atoms in total. The second kappa shape index (κ2) is 6.71. The molecule has 2 heterocycles. The average molecular weight is 239 g/mol. The van der Waals surface area contributed by atoms with Crippen molar-refractivity contribution < 1.29 is 9.63 Å². The molecule has 17 heavy (non-hydrogen) atoms. The Morgan fingerprint density at radius 3 is 3.12 bits per heavy atom. The summed E-state index contributed by atoms with van der Waals surface area (Å²) in [5.74, 6) is 2.18. The summed E-state index contributed by atoms with van der Waals surface area (Å²) in [6.45, 7) is 2.43. The topological polar surface area (TPSA) is 71.2 Å². The standard InChI is InChI=1S/C12H21N3O2/c16-7-2-1-5-12-14-11(15-17-12)8-10-4-3-6-13-9-10/h10,13,16H,1-9H2. The molecule has 1 aromatic rings. The molecule has 2 N–H and O–H groups in total. The van der Waals surface area contributed by atoms with Crippen LogP contribution in [0.3, 0.4) is 0 Å². The number of rotatable bonds is 6. The number of piperidine rings is 1. The van der Waals surface area contributed by atoms with Crippen LogP contribution >= 0.6 is 0 Å². The van der Waals surface area contributed by atoms with Gasteiger partial charge in [-0.15, -0.1) is 0 Å². The number of aromatic nitrogens is 2. The lowest BCUT2D eigenvalue weighted by Crippen LogP contribution is -2.31. The predicted molar refractivity (Wildman–Crippen MR) is 63.6 cm³/mol. The van der Waals surface area contributed by atoms with Crippen molar-refractivity contribution in [3.05, 3.63) is 11.7 Å². The molecule has 0 aromatic carbocycles. The average Bonchev–Trinajstić information content (AvgIpc) is 2.79. The third-order valence-electron chi connectivity index (χ3n) is 3.18. The van der Waals surface area contributed by atoms with Gasteiger partial charge in [0.05, 0.1) is 0 Å². The van der Waals surface area contributed by atoms with Crippen molar-refractivity contribution in [2.24, 2.45) is 5.92 Å². The van der Waals surface area contributed by atoms with Gasteiger partial charge in [0.15, 0.2) is 5.82 Å². The molecule has 1 saturated heterocycles. The molecule has 2 rings (SSSR count). The van der Waals surface area contributed by atoms with Crippen molar-refractivity contribution in [1.29, 1.82) is 0 Å². The minimum Gasteiger partial charge on any atom is -0.396 e. The Balaban J connectivity index is 1.76. The summed E-state index contributed by atoms with van der Waals surface area (Å²) >= 11 is 0. The fraction of sp³-hybridized carbons (Fsp3) is 0.833. The number of aryl methyl sites for hydroxylation is 1. The van der Waals surface area contributed by atoms with Crippen molar-refractivity contribution in [3.63, 3.8) is 0 Å². The van der Waals surface area contributed by atoms with Gasteiger partial charge in [0.2, 0.25) is 5.89 Å². The molecule has 0 amide bonds. The molecule has 96 valence electrons. The zero-order valence-electron chi connectivity index (χ0n) is 10.2. The minimum absolute atomic E-state index is 0.231. The van der Waals surface area contributed by atoms with E-state index in [1.807, 2.05) is 0 Å². The second-order valence-corrected chi connectivity index (χ2v) is 4.70. The van der Waals surface area contributed by atoms with Crippen molar-refractivity contribution in [1.82, 2.24) is 15.5 Å². The SMILES string of the molecule is OCCCCc1nc(CC2CCCNC2)no1. The Kier molecular flexibility index (Phi) is 4.94. The molecule has 1 aromatic heterocycles. The number of unbranched alkanes of at least 4 members (excludes halogenated alkanes) is 1. The van der Waals surface area contributed by atoms with Gasteiger partial charge in [-0.1, -0.05) is 5.16 Å². The van der Waals surface area contributed by atoms with E-state index in [0.717, 1.165) is 44.6 Å².